The number of carbonyl (C=O) groups excluding carboxylic acids is 1. The van der Waals surface area contributed by atoms with Crippen molar-refractivity contribution < 1.29 is 9.32 Å². The zero-order chi connectivity index (χ0) is 19.5. The molecule has 0 unspecified atom stereocenters. The first kappa shape index (κ1) is 18.3. The van der Waals surface area contributed by atoms with Crippen LogP contribution in [0.3, 0.4) is 0 Å². The van der Waals surface area contributed by atoms with Crippen LogP contribution in [0.4, 0.5) is 0 Å². The van der Waals surface area contributed by atoms with Crippen molar-refractivity contribution in [1.82, 2.24) is 20.0 Å². The number of rotatable bonds is 6. The van der Waals surface area contributed by atoms with Crippen molar-refractivity contribution in [2.75, 3.05) is 13.1 Å². The van der Waals surface area contributed by atoms with Crippen LogP contribution in [-0.2, 0) is 0 Å². The van der Waals surface area contributed by atoms with Gasteiger partial charge in [-0.3, -0.25) is 9.78 Å². The van der Waals surface area contributed by atoms with E-state index in [2.05, 4.69) is 22.0 Å². The van der Waals surface area contributed by atoms with E-state index in [1.807, 2.05) is 35.4 Å². The summed E-state index contributed by atoms with van der Waals surface area (Å²) in [7, 11) is 0. The molecule has 0 aliphatic heterocycles. The van der Waals surface area contributed by atoms with E-state index in [-0.39, 0.29) is 5.91 Å². The Hall–Kier alpha value is -3.06. The predicted octanol–water partition coefficient (Wildman–Crippen LogP) is 4.89. The van der Waals surface area contributed by atoms with Crippen LogP contribution in [0.5, 0.6) is 0 Å². The van der Waals surface area contributed by atoms with E-state index in [1.54, 1.807) is 24.5 Å². The van der Waals surface area contributed by atoms with Crippen molar-refractivity contribution in [2.24, 2.45) is 0 Å². The largest absolute Gasteiger partial charge is 0.356 e. The van der Waals surface area contributed by atoms with Crippen LogP contribution in [-0.4, -0.2) is 39.0 Å². The first-order valence-electron chi connectivity index (χ1n) is 9.26. The van der Waals surface area contributed by atoms with E-state index in [9.17, 15) is 4.79 Å². The first-order chi connectivity index (χ1) is 13.7. The number of aromatic nitrogens is 3. The number of hydrogen-bond donors (Lipinski definition) is 0. The summed E-state index contributed by atoms with van der Waals surface area (Å²) in [5.74, 6) is 0.0210. The summed E-state index contributed by atoms with van der Waals surface area (Å²) in [5.41, 5.74) is 3.61. The van der Waals surface area contributed by atoms with Crippen molar-refractivity contribution in [1.29, 1.82) is 0 Å². The van der Waals surface area contributed by atoms with Gasteiger partial charge in [0.2, 0.25) is 0 Å². The van der Waals surface area contributed by atoms with Crippen LogP contribution in [0.15, 0.2) is 52.6 Å². The maximum atomic E-state index is 12.8. The molecule has 0 atom stereocenters. The molecule has 6 nitrogen and oxygen atoms in total. The fraction of sp³-hybridized carbons (Fsp3) is 0.238. The zero-order valence-electron chi connectivity index (χ0n) is 15.8. The molecule has 0 saturated carbocycles. The maximum absolute atomic E-state index is 12.8. The second-order valence-electron chi connectivity index (χ2n) is 6.41. The standard InChI is InChI=1S/C21H20N4O2S/c1-3-10-25(4-2)21(26)14-7-8-18-16(11-14)19(24-27-18)17-13-28-20(23-17)15-6-5-9-22-12-15/h5-9,11-13H,3-4,10H2,1-2H3. The fourth-order valence-corrected chi connectivity index (χ4v) is 3.91. The molecule has 3 heterocycles. The van der Waals surface area contributed by atoms with Crippen molar-refractivity contribution in [2.45, 2.75) is 20.3 Å². The minimum Gasteiger partial charge on any atom is -0.356 e. The van der Waals surface area contributed by atoms with Crippen molar-refractivity contribution in [3.63, 3.8) is 0 Å². The number of fused-ring (bicyclic) bond motifs is 1. The van der Waals surface area contributed by atoms with E-state index in [0.29, 0.717) is 23.4 Å². The van der Waals surface area contributed by atoms with Gasteiger partial charge >= 0.3 is 0 Å². The molecule has 0 spiro atoms. The lowest BCUT2D eigenvalue weighted by Crippen LogP contribution is -2.31. The number of amides is 1. The highest BCUT2D eigenvalue weighted by Gasteiger charge is 2.19. The van der Waals surface area contributed by atoms with Gasteiger partial charge in [-0.05, 0) is 43.7 Å². The Morgan fingerprint density at radius 1 is 1.25 bits per heavy atom. The van der Waals surface area contributed by atoms with E-state index in [0.717, 1.165) is 34.6 Å². The molecule has 0 N–H and O–H groups in total. The molecular weight excluding hydrogens is 372 g/mol. The lowest BCUT2D eigenvalue weighted by molar-refractivity contribution is 0.0764. The van der Waals surface area contributed by atoms with Crippen LogP contribution < -0.4 is 0 Å². The molecule has 1 aromatic carbocycles. The van der Waals surface area contributed by atoms with Gasteiger partial charge in [-0.25, -0.2) is 4.98 Å². The molecule has 142 valence electrons. The van der Waals surface area contributed by atoms with Crippen LogP contribution in [0.25, 0.3) is 32.9 Å². The highest BCUT2D eigenvalue weighted by Crippen LogP contribution is 2.32. The number of carbonyl (C=O) groups is 1. The minimum atomic E-state index is 0.0210. The highest BCUT2D eigenvalue weighted by molar-refractivity contribution is 7.13. The predicted molar refractivity (Wildman–Crippen MR) is 110 cm³/mol. The van der Waals surface area contributed by atoms with Gasteiger partial charge in [0.15, 0.2) is 5.58 Å². The summed E-state index contributed by atoms with van der Waals surface area (Å²) in [6, 6.07) is 9.30. The molecule has 4 aromatic rings. The molecule has 1 amide bonds. The van der Waals surface area contributed by atoms with Crippen LogP contribution in [0.2, 0.25) is 0 Å². The second kappa shape index (κ2) is 7.90. The van der Waals surface area contributed by atoms with Gasteiger partial charge in [0.25, 0.3) is 5.91 Å². The molecule has 0 fully saturated rings. The average Bonchev–Trinajstić information content (AvgIpc) is 3.38. The topological polar surface area (TPSA) is 72.1 Å². The fourth-order valence-electron chi connectivity index (χ4n) is 3.12. The smallest absolute Gasteiger partial charge is 0.253 e. The summed E-state index contributed by atoms with van der Waals surface area (Å²) < 4.78 is 5.46. The van der Waals surface area contributed by atoms with Crippen LogP contribution >= 0.6 is 11.3 Å². The third-order valence-electron chi connectivity index (χ3n) is 4.53. The van der Waals surface area contributed by atoms with E-state index < -0.39 is 0 Å². The molecule has 0 saturated heterocycles. The van der Waals surface area contributed by atoms with Gasteiger partial charge in [-0.15, -0.1) is 11.3 Å². The van der Waals surface area contributed by atoms with Gasteiger partial charge in [0.05, 0.1) is 5.39 Å². The van der Waals surface area contributed by atoms with Crippen LogP contribution in [0, 0.1) is 0 Å². The summed E-state index contributed by atoms with van der Waals surface area (Å²) in [5, 5.41) is 7.81. The molecule has 0 bridgehead atoms. The Bertz CT molecular complexity index is 1100. The Balaban J connectivity index is 1.71. The molecule has 0 aliphatic rings. The van der Waals surface area contributed by atoms with Crippen molar-refractivity contribution >= 4 is 28.2 Å². The van der Waals surface area contributed by atoms with Gasteiger partial charge < -0.3 is 9.42 Å². The van der Waals surface area contributed by atoms with Gasteiger partial charge in [0, 0.05) is 42.0 Å². The Kier molecular flexibility index (Phi) is 5.16. The Morgan fingerprint density at radius 2 is 2.14 bits per heavy atom. The second-order valence-corrected chi connectivity index (χ2v) is 7.26. The molecule has 28 heavy (non-hydrogen) atoms. The number of benzene rings is 1. The quantitative estimate of drug-likeness (QED) is 0.467. The summed E-state index contributed by atoms with van der Waals surface area (Å²) in [6.07, 6.45) is 4.45. The summed E-state index contributed by atoms with van der Waals surface area (Å²) >= 11 is 1.53. The molecule has 0 aliphatic carbocycles. The third-order valence-corrected chi connectivity index (χ3v) is 5.43. The maximum Gasteiger partial charge on any atom is 0.253 e. The molecule has 0 radical (unpaired) electrons. The summed E-state index contributed by atoms with van der Waals surface area (Å²) in [6.45, 7) is 5.48. The molecule has 4 rings (SSSR count). The third kappa shape index (κ3) is 3.41. The molecule has 7 heteroatoms. The van der Waals surface area contributed by atoms with Crippen molar-refractivity contribution in [3.8, 4) is 22.0 Å². The number of nitrogens with zero attached hydrogens (tertiary/aromatic N) is 4. The van der Waals surface area contributed by atoms with Crippen molar-refractivity contribution in [3.05, 3.63) is 53.7 Å². The SMILES string of the molecule is CCCN(CC)C(=O)c1ccc2onc(-c3csc(-c4cccnc4)n3)c2c1. The zero-order valence-corrected chi connectivity index (χ0v) is 16.6. The lowest BCUT2D eigenvalue weighted by Gasteiger charge is -2.20. The Labute approximate surface area is 166 Å². The average molecular weight is 392 g/mol. The highest BCUT2D eigenvalue weighted by atomic mass is 32.1. The minimum absolute atomic E-state index is 0.0210. The number of pyridine rings is 1. The molecule has 3 aromatic heterocycles. The van der Waals surface area contributed by atoms with Gasteiger partial charge in [-0.2, -0.15) is 0 Å². The van der Waals surface area contributed by atoms with E-state index in [1.165, 1.54) is 11.3 Å². The van der Waals surface area contributed by atoms with E-state index in [4.69, 9.17) is 4.52 Å². The summed E-state index contributed by atoms with van der Waals surface area (Å²) in [4.78, 5) is 23.5. The molecular formula is C21H20N4O2S. The normalized spacial score (nSPS) is 11.1. The lowest BCUT2D eigenvalue weighted by atomic mass is 10.1. The Morgan fingerprint density at radius 3 is 2.89 bits per heavy atom. The van der Waals surface area contributed by atoms with E-state index >= 15 is 0 Å². The number of thiazole rings is 1. The monoisotopic (exact) mass is 392 g/mol. The first-order valence-corrected chi connectivity index (χ1v) is 10.1. The number of hydrogen-bond acceptors (Lipinski definition) is 6. The van der Waals surface area contributed by atoms with Gasteiger partial charge in [-0.1, -0.05) is 12.1 Å². The van der Waals surface area contributed by atoms with Gasteiger partial charge in [0.1, 0.15) is 16.4 Å². The van der Waals surface area contributed by atoms with Crippen LogP contribution in [0.1, 0.15) is 30.6 Å².